The van der Waals surface area contributed by atoms with Crippen molar-refractivity contribution in [1.82, 2.24) is 0 Å². The fourth-order valence-electron chi connectivity index (χ4n) is 1.48. The summed E-state index contributed by atoms with van der Waals surface area (Å²) in [4.78, 5) is 10.8. The van der Waals surface area contributed by atoms with Gasteiger partial charge in [-0.3, -0.25) is 4.79 Å². The van der Waals surface area contributed by atoms with Gasteiger partial charge in [-0.2, -0.15) is 4.58 Å². The largest absolute Gasteiger partial charge is 0.375 e. The maximum atomic E-state index is 10.8. The Morgan fingerprint density at radius 1 is 1.06 bits per heavy atom. The van der Waals surface area contributed by atoms with Crippen LogP contribution in [0.4, 0.5) is 0 Å². The van der Waals surface area contributed by atoms with Crippen molar-refractivity contribution in [2.75, 3.05) is 26.3 Å². The summed E-state index contributed by atoms with van der Waals surface area (Å²) in [6.07, 6.45) is 1.30. The Kier molecular flexibility index (Phi) is 5.25. The standard InChI is InChI=1S/C8H12NO3.ClHO4/c10-8-2-1-7(12-8)9-3-5-11-6-4-9;2-1(3,4)5/h1-6H2;(H,2,3,4,5)/q+1;/p-1. The molecule has 0 aliphatic carbocycles. The summed E-state index contributed by atoms with van der Waals surface area (Å²) in [7, 11) is -4.94. The molecule has 0 radical (unpaired) electrons. The molecule has 0 N–H and O–H groups in total. The monoisotopic (exact) mass is 269 g/mol. The zero-order chi connectivity index (χ0) is 12.9. The summed E-state index contributed by atoms with van der Waals surface area (Å²) >= 11 is 0. The smallest absolute Gasteiger partial charge is 0.344 e. The maximum absolute atomic E-state index is 10.8. The third-order valence-electron chi connectivity index (χ3n) is 2.14. The highest BCUT2D eigenvalue weighted by Gasteiger charge is 2.28. The van der Waals surface area contributed by atoms with Crippen molar-refractivity contribution in [1.29, 1.82) is 0 Å². The van der Waals surface area contributed by atoms with Gasteiger partial charge < -0.3 is 9.47 Å². The van der Waals surface area contributed by atoms with Crippen LogP contribution in [-0.4, -0.2) is 42.7 Å². The zero-order valence-corrected chi connectivity index (χ0v) is 9.68. The molecule has 17 heavy (non-hydrogen) atoms. The first kappa shape index (κ1) is 14.3. The molecule has 0 aromatic rings. The average molecular weight is 270 g/mol. The predicted molar refractivity (Wildman–Crippen MR) is 41.1 cm³/mol. The molecule has 0 aromatic carbocycles. The van der Waals surface area contributed by atoms with E-state index in [1.165, 1.54) is 0 Å². The van der Waals surface area contributed by atoms with Gasteiger partial charge in [0.1, 0.15) is 13.2 Å². The van der Waals surface area contributed by atoms with Crippen LogP contribution >= 0.6 is 0 Å². The fraction of sp³-hybridized carbons (Fsp3) is 0.750. The van der Waals surface area contributed by atoms with Gasteiger partial charge >= 0.3 is 11.9 Å². The maximum Gasteiger partial charge on any atom is 0.344 e. The first-order valence-corrected chi connectivity index (χ1v) is 6.10. The second kappa shape index (κ2) is 6.24. The highest BCUT2D eigenvalue weighted by molar-refractivity contribution is 5.93. The normalized spacial score (nSPS) is 20.8. The number of nitrogens with zero attached hydrogens (tertiary/aromatic N) is 1. The Labute approximate surface area is 99.4 Å². The molecule has 0 spiro atoms. The van der Waals surface area contributed by atoms with Crippen LogP contribution in [0.1, 0.15) is 12.8 Å². The molecule has 0 unspecified atom stereocenters. The summed E-state index contributed by atoms with van der Waals surface area (Å²) in [6, 6.07) is 0. The molecular formula is C8H12ClNO7. The van der Waals surface area contributed by atoms with Gasteiger partial charge in [-0.25, -0.2) is 18.6 Å². The summed E-state index contributed by atoms with van der Waals surface area (Å²) in [5.41, 5.74) is 0. The lowest BCUT2D eigenvalue weighted by Gasteiger charge is -2.17. The Balaban J connectivity index is 0.000000249. The minimum absolute atomic E-state index is 0.100. The first-order chi connectivity index (χ1) is 7.86. The zero-order valence-electron chi connectivity index (χ0n) is 8.93. The lowest BCUT2D eigenvalue weighted by atomic mass is 10.3. The number of esters is 1. The average Bonchev–Trinajstić information content (AvgIpc) is 2.64. The third-order valence-corrected chi connectivity index (χ3v) is 2.14. The van der Waals surface area contributed by atoms with Gasteiger partial charge in [0.2, 0.25) is 0 Å². The van der Waals surface area contributed by atoms with Crippen molar-refractivity contribution in [3.05, 3.63) is 0 Å². The third kappa shape index (κ3) is 6.51. The van der Waals surface area contributed by atoms with Crippen molar-refractivity contribution in [3.8, 4) is 0 Å². The van der Waals surface area contributed by atoms with E-state index in [-0.39, 0.29) is 5.97 Å². The molecule has 0 amide bonds. The van der Waals surface area contributed by atoms with Crippen LogP contribution in [0.25, 0.3) is 0 Å². The van der Waals surface area contributed by atoms with E-state index in [0.29, 0.717) is 6.42 Å². The molecule has 0 aromatic heterocycles. The minimum atomic E-state index is -4.94. The van der Waals surface area contributed by atoms with Crippen LogP contribution in [0.15, 0.2) is 0 Å². The Morgan fingerprint density at radius 3 is 2.00 bits per heavy atom. The van der Waals surface area contributed by atoms with Crippen molar-refractivity contribution in [2.45, 2.75) is 12.8 Å². The van der Waals surface area contributed by atoms with Gasteiger partial charge in [0.05, 0.1) is 12.8 Å². The predicted octanol–water partition coefficient (Wildman–Crippen LogP) is -4.99. The first-order valence-electron chi connectivity index (χ1n) is 4.87. The van der Waals surface area contributed by atoms with Gasteiger partial charge in [0, 0.05) is 0 Å². The van der Waals surface area contributed by atoms with E-state index in [0.717, 1.165) is 38.6 Å². The molecule has 2 heterocycles. The number of carbonyl (C=O) groups excluding carboxylic acids is 1. The Hall–Kier alpha value is -0.770. The van der Waals surface area contributed by atoms with Crippen LogP contribution in [0.5, 0.6) is 0 Å². The number of hydrogen-bond donors (Lipinski definition) is 0. The van der Waals surface area contributed by atoms with E-state index in [1.54, 1.807) is 0 Å². The molecule has 98 valence electrons. The van der Waals surface area contributed by atoms with E-state index in [9.17, 15) is 4.79 Å². The van der Waals surface area contributed by atoms with Gasteiger partial charge in [0.25, 0.3) is 0 Å². The van der Waals surface area contributed by atoms with Gasteiger partial charge in [-0.1, -0.05) is 0 Å². The van der Waals surface area contributed by atoms with Crippen molar-refractivity contribution < 1.29 is 47.7 Å². The number of morpholine rings is 1. The molecule has 0 atom stereocenters. The molecule has 2 rings (SSSR count). The number of rotatable bonds is 0. The summed E-state index contributed by atoms with van der Waals surface area (Å²) in [6.45, 7) is 3.17. The van der Waals surface area contributed by atoms with E-state index < -0.39 is 10.2 Å². The molecule has 2 aliphatic heterocycles. The van der Waals surface area contributed by atoms with E-state index in [2.05, 4.69) is 4.58 Å². The van der Waals surface area contributed by atoms with Gasteiger partial charge in [0.15, 0.2) is 13.1 Å². The Bertz CT molecular complexity index is 297. The number of carbonyl (C=O) groups is 1. The molecular weight excluding hydrogens is 258 g/mol. The summed E-state index contributed by atoms with van der Waals surface area (Å²) in [5, 5.41) is 0. The lowest BCUT2D eigenvalue weighted by molar-refractivity contribution is -2.00. The molecule has 2 fully saturated rings. The lowest BCUT2D eigenvalue weighted by Crippen LogP contribution is -2.68. The van der Waals surface area contributed by atoms with Gasteiger partial charge in [-0.15, -0.1) is 10.2 Å². The van der Waals surface area contributed by atoms with Crippen molar-refractivity contribution in [2.24, 2.45) is 0 Å². The fourth-order valence-corrected chi connectivity index (χ4v) is 1.48. The van der Waals surface area contributed by atoms with Crippen LogP contribution in [0.2, 0.25) is 0 Å². The summed E-state index contributed by atoms with van der Waals surface area (Å²) in [5.74, 6) is 0.736. The molecule has 8 nitrogen and oxygen atoms in total. The molecule has 9 heteroatoms. The van der Waals surface area contributed by atoms with E-state index in [1.807, 2.05) is 0 Å². The van der Waals surface area contributed by atoms with Crippen LogP contribution < -0.4 is 18.6 Å². The molecule has 0 saturated carbocycles. The number of halogens is 1. The van der Waals surface area contributed by atoms with Gasteiger partial charge in [-0.05, 0) is 0 Å². The minimum Gasteiger partial charge on any atom is -0.375 e. The van der Waals surface area contributed by atoms with E-state index >= 15 is 0 Å². The molecule has 0 bridgehead atoms. The van der Waals surface area contributed by atoms with Crippen LogP contribution in [0.3, 0.4) is 0 Å². The van der Waals surface area contributed by atoms with Crippen LogP contribution in [-0.2, 0) is 14.3 Å². The highest BCUT2D eigenvalue weighted by Crippen LogP contribution is 2.08. The van der Waals surface area contributed by atoms with Crippen molar-refractivity contribution in [3.63, 3.8) is 0 Å². The number of cyclic esters (lactones) is 1. The summed E-state index contributed by atoms with van der Waals surface area (Å²) < 4.78 is 46.3. The van der Waals surface area contributed by atoms with Crippen LogP contribution in [0, 0.1) is 10.2 Å². The molecule has 2 aliphatic rings. The number of ether oxygens (including phenoxy) is 2. The quantitative estimate of drug-likeness (QED) is 0.318. The number of hydrogen-bond acceptors (Lipinski definition) is 7. The second-order valence-corrected chi connectivity index (χ2v) is 4.10. The second-order valence-electron chi connectivity index (χ2n) is 3.35. The van der Waals surface area contributed by atoms with E-state index in [4.69, 9.17) is 28.1 Å². The molecule has 2 saturated heterocycles. The topological polar surface area (TPSA) is 131 Å². The highest BCUT2D eigenvalue weighted by atomic mass is 35.7. The SMILES string of the molecule is O=C1CCC(=[N+]2CCOCC2)O1.[O-][Cl+3]([O-])([O-])[O-]. The van der Waals surface area contributed by atoms with Crippen molar-refractivity contribution >= 4 is 11.9 Å². The Morgan fingerprint density at radius 2 is 1.59 bits per heavy atom.